The van der Waals surface area contributed by atoms with E-state index in [0.29, 0.717) is 5.56 Å². The van der Waals surface area contributed by atoms with E-state index in [1.807, 2.05) is 50.2 Å². The first-order valence-corrected chi connectivity index (χ1v) is 8.67. The summed E-state index contributed by atoms with van der Waals surface area (Å²) in [7, 11) is 0. The fourth-order valence-electron chi connectivity index (χ4n) is 2.97. The summed E-state index contributed by atoms with van der Waals surface area (Å²) >= 11 is 0. The van der Waals surface area contributed by atoms with Gasteiger partial charge in [0, 0.05) is 24.1 Å². The van der Waals surface area contributed by atoms with E-state index in [1.165, 1.54) is 5.56 Å². The first-order valence-electron chi connectivity index (χ1n) is 8.67. The van der Waals surface area contributed by atoms with Crippen LogP contribution in [0.4, 0.5) is 11.4 Å². The molecule has 4 heteroatoms. The van der Waals surface area contributed by atoms with E-state index in [9.17, 15) is 4.79 Å². The molecular formula is C22H23N3O. The molecule has 3 aromatic rings. The van der Waals surface area contributed by atoms with Gasteiger partial charge in [0.1, 0.15) is 0 Å². The van der Waals surface area contributed by atoms with Crippen LogP contribution in [0.25, 0.3) is 0 Å². The fourth-order valence-corrected chi connectivity index (χ4v) is 2.97. The number of hydrogen-bond acceptors (Lipinski definition) is 3. The smallest absolute Gasteiger partial charge is 0.257 e. The summed E-state index contributed by atoms with van der Waals surface area (Å²) in [5, 5.41) is 6.34. The largest absolute Gasteiger partial charge is 0.377 e. The second kappa shape index (κ2) is 7.83. The maximum absolute atomic E-state index is 12.6. The van der Waals surface area contributed by atoms with Crippen LogP contribution in [-0.2, 0) is 0 Å². The number of aryl methyl sites for hydroxylation is 2. The Hall–Kier alpha value is -3.14. The molecule has 132 valence electrons. The van der Waals surface area contributed by atoms with Gasteiger partial charge >= 0.3 is 0 Å². The van der Waals surface area contributed by atoms with Crippen LogP contribution >= 0.6 is 0 Å². The number of carbonyl (C=O) groups is 1. The third-order valence-electron chi connectivity index (χ3n) is 4.16. The van der Waals surface area contributed by atoms with Crippen molar-refractivity contribution in [2.75, 3.05) is 10.6 Å². The van der Waals surface area contributed by atoms with E-state index in [2.05, 4.69) is 40.7 Å². The lowest BCUT2D eigenvalue weighted by atomic mass is 10.1. The highest BCUT2D eigenvalue weighted by Gasteiger charge is 2.10. The number of rotatable bonds is 5. The van der Waals surface area contributed by atoms with Gasteiger partial charge in [0.05, 0.1) is 11.3 Å². The van der Waals surface area contributed by atoms with Gasteiger partial charge in [-0.05, 0) is 55.7 Å². The van der Waals surface area contributed by atoms with Gasteiger partial charge in [-0.1, -0.05) is 36.4 Å². The van der Waals surface area contributed by atoms with Gasteiger partial charge in [0.2, 0.25) is 0 Å². The van der Waals surface area contributed by atoms with Crippen molar-refractivity contribution in [2.24, 2.45) is 0 Å². The van der Waals surface area contributed by atoms with Gasteiger partial charge < -0.3 is 10.6 Å². The predicted molar refractivity (Wildman–Crippen MR) is 107 cm³/mol. The van der Waals surface area contributed by atoms with E-state index in [4.69, 9.17) is 0 Å². The Kier molecular flexibility index (Phi) is 5.32. The molecule has 2 N–H and O–H groups in total. The van der Waals surface area contributed by atoms with Crippen LogP contribution in [0.15, 0.2) is 67.0 Å². The standard InChI is InChI=1S/C22H23N3O/c1-15-9-16(2)11-20(10-15)25-22(26)19-12-21(14-23-13-19)24-17(3)18-7-5-4-6-8-18/h4-14,17,24H,1-3H3,(H,25,26). The first-order chi connectivity index (χ1) is 12.5. The number of carbonyl (C=O) groups excluding carboxylic acids is 1. The number of nitrogens with one attached hydrogen (secondary N) is 2. The molecule has 1 atom stereocenters. The highest BCUT2D eigenvalue weighted by Crippen LogP contribution is 2.20. The lowest BCUT2D eigenvalue weighted by molar-refractivity contribution is 0.102. The maximum atomic E-state index is 12.6. The molecule has 0 saturated heterocycles. The molecule has 0 bridgehead atoms. The monoisotopic (exact) mass is 345 g/mol. The summed E-state index contributed by atoms with van der Waals surface area (Å²) in [5.41, 5.74) is 5.54. The Bertz CT molecular complexity index is 886. The quantitative estimate of drug-likeness (QED) is 0.674. The number of benzene rings is 2. The Labute approximate surface area is 154 Å². The van der Waals surface area contributed by atoms with Gasteiger partial charge in [0.25, 0.3) is 5.91 Å². The maximum Gasteiger partial charge on any atom is 0.257 e. The molecule has 0 spiro atoms. The van der Waals surface area contributed by atoms with E-state index in [0.717, 1.165) is 22.5 Å². The zero-order valence-corrected chi connectivity index (χ0v) is 15.3. The third-order valence-corrected chi connectivity index (χ3v) is 4.16. The van der Waals surface area contributed by atoms with Crippen LogP contribution in [0.5, 0.6) is 0 Å². The second-order valence-electron chi connectivity index (χ2n) is 6.57. The van der Waals surface area contributed by atoms with Crippen LogP contribution in [0.1, 0.15) is 40.0 Å². The summed E-state index contributed by atoms with van der Waals surface area (Å²) in [4.78, 5) is 16.8. The van der Waals surface area contributed by atoms with E-state index in [-0.39, 0.29) is 11.9 Å². The highest BCUT2D eigenvalue weighted by molar-refractivity contribution is 6.04. The van der Waals surface area contributed by atoms with Crippen molar-refractivity contribution < 1.29 is 4.79 Å². The van der Waals surface area contributed by atoms with Gasteiger partial charge in [0.15, 0.2) is 0 Å². The molecule has 0 fully saturated rings. The SMILES string of the molecule is Cc1cc(C)cc(NC(=O)c2cncc(NC(C)c3ccccc3)c2)c1. The molecular weight excluding hydrogens is 322 g/mol. The van der Waals surface area contributed by atoms with Crippen molar-refractivity contribution >= 4 is 17.3 Å². The number of hydrogen-bond donors (Lipinski definition) is 2. The number of anilines is 2. The van der Waals surface area contributed by atoms with Gasteiger partial charge in [-0.3, -0.25) is 9.78 Å². The number of amides is 1. The van der Waals surface area contributed by atoms with E-state index in [1.54, 1.807) is 12.4 Å². The van der Waals surface area contributed by atoms with Crippen LogP contribution in [0, 0.1) is 13.8 Å². The highest BCUT2D eigenvalue weighted by atomic mass is 16.1. The number of aromatic nitrogens is 1. The van der Waals surface area contributed by atoms with Crippen LogP contribution in [-0.4, -0.2) is 10.9 Å². The summed E-state index contributed by atoms with van der Waals surface area (Å²) in [5.74, 6) is -0.168. The summed E-state index contributed by atoms with van der Waals surface area (Å²) in [6.45, 7) is 6.11. The average Bonchev–Trinajstić information content (AvgIpc) is 2.62. The van der Waals surface area contributed by atoms with Crippen molar-refractivity contribution in [3.05, 3.63) is 89.2 Å². The second-order valence-corrected chi connectivity index (χ2v) is 6.57. The lowest BCUT2D eigenvalue weighted by Crippen LogP contribution is -2.13. The molecule has 26 heavy (non-hydrogen) atoms. The van der Waals surface area contributed by atoms with Crippen molar-refractivity contribution in [1.82, 2.24) is 4.98 Å². The third kappa shape index (κ3) is 4.48. The Balaban J connectivity index is 1.73. The Morgan fingerprint density at radius 2 is 1.62 bits per heavy atom. The molecule has 1 aromatic heterocycles. The molecule has 0 aliphatic heterocycles. The summed E-state index contributed by atoms with van der Waals surface area (Å²) < 4.78 is 0. The minimum Gasteiger partial charge on any atom is -0.377 e. The Morgan fingerprint density at radius 3 is 2.31 bits per heavy atom. The van der Waals surface area contributed by atoms with Crippen molar-refractivity contribution in [3.8, 4) is 0 Å². The molecule has 2 aromatic carbocycles. The first kappa shape index (κ1) is 17.7. The molecule has 1 unspecified atom stereocenters. The molecule has 1 amide bonds. The molecule has 1 heterocycles. The molecule has 0 aliphatic rings. The minimum absolute atomic E-state index is 0.121. The molecule has 0 saturated carbocycles. The fraction of sp³-hybridized carbons (Fsp3) is 0.182. The van der Waals surface area contributed by atoms with Crippen LogP contribution in [0.3, 0.4) is 0 Å². The normalized spacial score (nSPS) is 11.7. The van der Waals surface area contributed by atoms with Gasteiger partial charge in [-0.2, -0.15) is 0 Å². The summed E-state index contributed by atoms with van der Waals surface area (Å²) in [6, 6.07) is 18.1. The average molecular weight is 345 g/mol. The minimum atomic E-state index is -0.168. The van der Waals surface area contributed by atoms with Gasteiger partial charge in [-0.15, -0.1) is 0 Å². The summed E-state index contributed by atoms with van der Waals surface area (Å²) in [6.07, 6.45) is 3.31. The molecule has 3 rings (SSSR count). The van der Waals surface area contributed by atoms with E-state index < -0.39 is 0 Å². The predicted octanol–water partition coefficient (Wildman–Crippen LogP) is 5.12. The van der Waals surface area contributed by atoms with Crippen molar-refractivity contribution in [3.63, 3.8) is 0 Å². The molecule has 4 nitrogen and oxygen atoms in total. The molecule has 0 radical (unpaired) electrons. The van der Waals surface area contributed by atoms with Gasteiger partial charge in [-0.25, -0.2) is 0 Å². The molecule has 0 aliphatic carbocycles. The lowest BCUT2D eigenvalue weighted by Gasteiger charge is -2.16. The van der Waals surface area contributed by atoms with Crippen LogP contribution in [0.2, 0.25) is 0 Å². The van der Waals surface area contributed by atoms with Crippen molar-refractivity contribution in [2.45, 2.75) is 26.8 Å². The Morgan fingerprint density at radius 1 is 0.923 bits per heavy atom. The zero-order valence-electron chi connectivity index (χ0n) is 15.3. The number of nitrogens with zero attached hydrogens (tertiary/aromatic N) is 1. The topological polar surface area (TPSA) is 54.0 Å². The van der Waals surface area contributed by atoms with E-state index >= 15 is 0 Å². The van der Waals surface area contributed by atoms with Crippen molar-refractivity contribution in [1.29, 1.82) is 0 Å². The zero-order chi connectivity index (χ0) is 18.5. The van der Waals surface area contributed by atoms with Crippen LogP contribution < -0.4 is 10.6 Å². The number of pyridine rings is 1.